The molecule has 0 saturated heterocycles. The predicted octanol–water partition coefficient (Wildman–Crippen LogP) is 2.09. The molecule has 0 bridgehead atoms. The van der Waals surface area contributed by atoms with E-state index >= 15 is 0 Å². The minimum atomic E-state index is 0.113. The molecular formula is C12H10ClN5OS. The highest BCUT2D eigenvalue weighted by Crippen LogP contribution is 2.19. The third-order valence-electron chi connectivity index (χ3n) is 2.10. The zero-order valence-corrected chi connectivity index (χ0v) is 11.7. The summed E-state index contributed by atoms with van der Waals surface area (Å²) in [5.41, 5.74) is 8.58. The molecule has 0 atom stereocenters. The van der Waals surface area contributed by atoms with Gasteiger partial charge in [0.1, 0.15) is 5.75 Å². The van der Waals surface area contributed by atoms with Crippen molar-refractivity contribution < 1.29 is 4.74 Å². The number of nitrogens with two attached hydrogens (primary N) is 1. The van der Waals surface area contributed by atoms with Crippen molar-refractivity contribution in [2.75, 3.05) is 0 Å². The normalized spacial score (nSPS) is 10.4. The first-order chi connectivity index (χ1) is 9.63. The van der Waals surface area contributed by atoms with Crippen LogP contribution in [-0.4, -0.2) is 21.5 Å². The van der Waals surface area contributed by atoms with E-state index in [4.69, 9.17) is 22.1 Å². The Balaban J connectivity index is 1.99. The number of rotatable bonds is 4. The smallest absolute Gasteiger partial charge is 0.238 e. The molecule has 1 aromatic heterocycles. The molecule has 102 valence electrons. The number of nitrogens with one attached hydrogen (secondary N) is 1. The maximum Gasteiger partial charge on any atom is 0.238 e. The monoisotopic (exact) mass is 307 g/mol. The summed E-state index contributed by atoms with van der Waals surface area (Å²) < 4.78 is 5.50. The van der Waals surface area contributed by atoms with Gasteiger partial charge in [-0.05, 0) is 48.1 Å². The number of hydrazone groups is 1. The van der Waals surface area contributed by atoms with E-state index in [9.17, 15) is 0 Å². The van der Waals surface area contributed by atoms with E-state index in [0.717, 1.165) is 5.56 Å². The lowest BCUT2D eigenvalue weighted by Gasteiger charge is -2.03. The fourth-order valence-corrected chi connectivity index (χ4v) is 1.42. The third-order valence-corrected chi connectivity index (χ3v) is 2.39. The Hall–Kier alpha value is -2.25. The highest BCUT2D eigenvalue weighted by molar-refractivity contribution is 7.80. The summed E-state index contributed by atoms with van der Waals surface area (Å²) in [5, 5.41) is 11.8. The first-order valence-corrected chi connectivity index (χ1v) is 6.28. The molecule has 0 radical (unpaired) electrons. The second kappa shape index (κ2) is 6.78. The molecule has 0 spiro atoms. The number of hydrogen-bond donors (Lipinski definition) is 2. The number of aromatic nitrogens is 2. The third kappa shape index (κ3) is 4.45. The van der Waals surface area contributed by atoms with Crippen LogP contribution in [0, 0.1) is 0 Å². The molecule has 0 saturated carbocycles. The number of hydrogen-bond acceptors (Lipinski definition) is 5. The largest absolute Gasteiger partial charge is 0.438 e. The molecule has 3 N–H and O–H groups in total. The molecule has 8 heteroatoms. The summed E-state index contributed by atoms with van der Waals surface area (Å²) >= 11 is 10.3. The number of nitrogens with zero attached hydrogens (tertiary/aromatic N) is 3. The van der Waals surface area contributed by atoms with E-state index in [1.54, 1.807) is 30.5 Å². The lowest BCUT2D eigenvalue weighted by Crippen LogP contribution is -2.23. The molecule has 20 heavy (non-hydrogen) atoms. The summed E-state index contributed by atoms with van der Waals surface area (Å²) in [5.74, 6) is 0.993. The zero-order chi connectivity index (χ0) is 14.4. The molecule has 0 unspecified atom stereocenters. The summed E-state index contributed by atoms with van der Waals surface area (Å²) in [6.45, 7) is 0. The maximum atomic E-state index is 5.64. The molecule has 2 aromatic rings. The van der Waals surface area contributed by atoms with Gasteiger partial charge in [0.05, 0.1) is 6.21 Å². The van der Waals surface area contributed by atoms with Gasteiger partial charge in [0.2, 0.25) is 5.88 Å². The van der Waals surface area contributed by atoms with Crippen LogP contribution in [0.3, 0.4) is 0 Å². The van der Waals surface area contributed by atoms with Crippen LogP contribution < -0.4 is 15.9 Å². The number of ether oxygens (including phenoxy) is 1. The van der Waals surface area contributed by atoms with Gasteiger partial charge in [0.15, 0.2) is 10.3 Å². The lowest BCUT2D eigenvalue weighted by molar-refractivity contribution is 0.455. The van der Waals surface area contributed by atoms with Crippen LogP contribution in [0.1, 0.15) is 5.56 Å². The van der Waals surface area contributed by atoms with Crippen LogP contribution in [-0.2, 0) is 0 Å². The topological polar surface area (TPSA) is 85.4 Å². The van der Waals surface area contributed by atoms with Gasteiger partial charge in [-0.1, -0.05) is 11.6 Å². The van der Waals surface area contributed by atoms with E-state index in [-0.39, 0.29) is 5.11 Å². The Morgan fingerprint density at radius 3 is 2.60 bits per heavy atom. The van der Waals surface area contributed by atoms with Crippen LogP contribution in [0.2, 0.25) is 5.15 Å². The molecule has 1 aromatic carbocycles. The Labute approximate surface area is 125 Å². The van der Waals surface area contributed by atoms with E-state index in [1.165, 1.54) is 0 Å². The molecule has 1 heterocycles. The number of benzene rings is 1. The summed E-state index contributed by atoms with van der Waals surface area (Å²) in [4.78, 5) is 0. The van der Waals surface area contributed by atoms with Crippen LogP contribution in [0.15, 0.2) is 41.5 Å². The second-order valence-electron chi connectivity index (χ2n) is 3.60. The van der Waals surface area contributed by atoms with Crippen molar-refractivity contribution >= 4 is 35.1 Å². The minimum absolute atomic E-state index is 0.113. The van der Waals surface area contributed by atoms with E-state index in [1.807, 2.05) is 12.1 Å². The van der Waals surface area contributed by atoms with Crippen LogP contribution in [0.5, 0.6) is 11.6 Å². The van der Waals surface area contributed by atoms with Crippen molar-refractivity contribution in [1.29, 1.82) is 0 Å². The molecule has 0 aliphatic carbocycles. The van der Waals surface area contributed by atoms with Gasteiger partial charge in [-0.25, -0.2) is 0 Å². The van der Waals surface area contributed by atoms with Crippen LogP contribution in [0.4, 0.5) is 0 Å². The SMILES string of the molecule is NC(=S)NN=Cc1ccc(Oc2ccc(Cl)nn2)cc1. The maximum absolute atomic E-state index is 5.64. The van der Waals surface area contributed by atoms with Crippen molar-refractivity contribution in [3.05, 3.63) is 47.1 Å². The zero-order valence-electron chi connectivity index (χ0n) is 10.2. The van der Waals surface area contributed by atoms with Gasteiger partial charge in [-0.15, -0.1) is 10.2 Å². The average molecular weight is 308 g/mol. The van der Waals surface area contributed by atoms with Gasteiger partial charge in [-0.2, -0.15) is 5.10 Å². The van der Waals surface area contributed by atoms with Crippen molar-refractivity contribution in [3.63, 3.8) is 0 Å². The van der Waals surface area contributed by atoms with Crippen LogP contribution >= 0.6 is 23.8 Å². The molecular weight excluding hydrogens is 298 g/mol. The lowest BCUT2D eigenvalue weighted by atomic mass is 10.2. The highest BCUT2D eigenvalue weighted by Gasteiger charge is 1.99. The highest BCUT2D eigenvalue weighted by atomic mass is 35.5. The van der Waals surface area contributed by atoms with E-state index in [2.05, 4.69) is 32.9 Å². The predicted molar refractivity (Wildman–Crippen MR) is 81.1 cm³/mol. The summed E-state index contributed by atoms with van der Waals surface area (Å²) in [6, 6.07) is 10.4. The molecule has 2 rings (SSSR count). The van der Waals surface area contributed by atoms with Gasteiger partial charge in [-0.3, -0.25) is 5.43 Å². The molecule has 0 aliphatic heterocycles. The van der Waals surface area contributed by atoms with Gasteiger partial charge < -0.3 is 10.5 Å². The summed E-state index contributed by atoms with van der Waals surface area (Å²) in [6.07, 6.45) is 1.59. The summed E-state index contributed by atoms with van der Waals surface area (Å²) in [7, 11) is 0. The first-order valence-electron chi connectivity index (χ1n) is 5.49. The fourth-order valence-electron chi connectivity index (χ4n) is 1.27. The fraction of sp³-hybridized carbons (Fsp3) is 0. The Bertz CT molecular complexity index is 615. The van der Waals surface area contributed by atoms with Gasteiger partial charge in [0, 0.05) is 6.07 Å². The standard InChI is InChI=1S/C12H10ClN5OS/c13-10-5-6-11(17-16-10)19-9-3-1-8(2-4-9)7-15-18-12(14)20/h1-7H,(H3,14,18,20). The van der Waals surface area contributed by atoms with Crippen LogP contribution in [0.25, 0.3) is 0 Å². The number of halogens is 1. The van der Waals surface area contributed by atoms with Crippen molar-refractivity contribution in [2.24, 2.45) is 10.8 Å². The minimum Gasteiger partial charge on any atom is -0.438 e. The van der Waals surface area contributed by atoms with Gasteiger partial charge in [0.25, 0.3) is 0 Å². The number of thiocarbonyl (C=S) groups is 1. The molecule has 6 nitrogen and oxygen atoms in total. The Morgan fingerprint density at radius 1 is 1.25 bits per heavy atom. The second-order valence-corrected chi connectivity index (χ2v) is 4.43. The van der Waals surface area contributed by atoms with Gasteiger partial charge >= 0.3 is 0 Å². The quantitative estimate of drug-likeness (QED) is 0.511. The Morgan fingerprint density at radius 2 is 2.00 bits per heavy atom. The first kappa shape index (κ1) is 14.2. The Kier molecular flexibility index (Phi) is 4.80. The average Bonchev–Trinajstić information content (AvgIpc) is 2.43. The molecule has 0 aliphatic rings. The van der Waals surface area contributed by atoms with E-state index < -0.39 is 0 Å². The van der Waals surface area contributed by atoms with Crippen molar-refractivity contribution in [1.82, 2.24) is 15.6 Å². The molecule has 0 amide bonds. The van der Waals surface area contributed by atoms with E-state index in [0.29, 0.717) is 16.8 Å². The van der Waals surface area contributed by atoms with Crippen molar-refractivity contribution in [2.45, 2.75) is 0 Å². The molecule has 0 fully saturated rings. The van der Waals surface area contributed by atoms with Crippen molar-refractivity contribution in [3.8, 4) is 11.6 Å².